The van der Waals surface area contributed by atoms with Crippen LogP contribution >= 0.6 is 0 Å². The molecule has 6 aromatic carbocycles. The van der Waals surface area contributed by atoms with Gasteiger partial charge in [-0.2, -0.15) is 0 Å². The third-order valence-corrected chi connectivity index (χ3v) is 10.7. The van der Waals surface area contributed by atoms with E-state index in [-0.39, 0.29) is 114 Å². The lowest BCUT2D eigenvalue weighted by molar-refractivity contribution is 0.0714. The lowest BCUT2D eigenvalue weighted by Crippen LogP contribution is -2.12. The highest BCUT2D eigenvalue weighted by Gasteiger charge is 2.14. The maximum Gasteiger partial charge on any atom is 0.188 e. The van der Waals surface area contributed by atoms with Crippen molar-refractivity contribution in [2.24, 2.45) is 0 Å². The van der Waals surface area contributed by atoms with E-state index >= 15 is 0 Å². The predicted molar refractivity (Wildman–Crippen MR) is 243 cm³/mol. The standard InChI is InChI=1S/C54H48O12/c55-49-31-61-25-37-1-2-38(4-3-37)26-62-32-50(56)44-17-19-46(20-18-44)52(58)34-64-28-40-9-11-42(12-10-40)30-66-36-54(60)48-23-21-47(22-24-48)53(59)35-65-29-41-7-5-39(6-8-41)27-63-33-51(57)45-15-13-43(49)14-16-45/h1-24H,25-36H2. The van der Waals surface area contributed by atoms with Crippen LogP contribution in [0.25, 0.3) is 0 Å². The molecule has 12 heteroatoms. The van der Waals surface area contributed by atoms with Gasteiger partial charge in [0, 0.05) is 33.4 Å². The van der Waals surface area contributed by atoms with Gasteiger partial charge in [0.15, 0.2) is 34.7 Å². The van der Waals surface area contributed by atoms with Crippen molar-refractivity contribution in [2.75, 3.05) is 39.6 Å². The second-order valence-electron chi connectivity index (χ2n) is 15.7. The third-order valence-electron chi connectivity index (χ3n) is 10.7. The Morgan fingerprint density at radius 3 is 0.424 bits per heavy atom. The van der Waals surface area contributed by atoms with Crippen LogP contribution in [0.5, 0.6) is 0 Å². The Kier molecular flexibility index (Phi) is 17.0. The van der Waals surface area contributed by atoms with Crippen molar-refractivity contribution >= 4 is 34.7 Å². The quantitative estimate of drug-likeness (QED) is 0.144. The average molecular weight is 889 g/mol. The zero-order chi connectivity index (χ0) is 46.1. The maximum atomic E-state index is 12.8. The van der Waals surface area contributed by atoms with Gasteiger partial charge in [0.2, 0.25) is 0 Å². The van der Waals surface area contributed by atoms with Crippen LogP contribution in [0.15, 0.2) is 146 Å². The van der Waals surface area contributed by atoms with Gasteiger partial charge in [0.1, 0.15) is 39.6 Å². The van der Waals surface area contributed by atoms with Crippen LogP contribution in [-0.2, 0) is 68.1 Å². The number of rotatable bonds is 0. The topological polar surface area (TPSA) is 158 Å². The molecule has 0 saturated heterocycles. The van der Waals surface area contributed by atoms with E-state index in [4.69, 9.17) is 28.4 Å². The van der Waals surface area contributed by atoms with Crippen molar-refractivity contribution in [3.8, 4) is 0 Å². The SMILES string of the molecule is O=C1COCc2ccc(cc2)COCC(=O)c2ccc(cc2)C(=O)COCc2ccc(cc2)COCC(=O)c2ccc(cc2)C(=O)COCc2ccc(cc2)COCC(=O)c2ccc1cc2. The predicted octanol–water partition coefficient (Wildman–Crippen LogP) is 8.40. The molecule has 0 amide bonds. The van der Waals surface area contributed by atoms with E-state index in [1.165, 1.54) is 0 Å². The summed E-state index contributed by atoms with van der Waals surface area (Å²) in [4.78, 5) is 76.7. The highest BCUT2D eigenvalue weighted by atomic mass is 16.5. The summed E-state index contributed by atoms with van der Waals surface area (Å²) in [5, 5.41) is 0. The second-order valence-corrected chi connectivity index (χ2v) is 15.7. The maximum absolute atomic E-state index is 12.8. The molecule has 10 aliphatic heterocycles. The fourth-order valence-electron chi connectivity index (χ4n) is 6.79. The first-order chi connectivity index (χ1) is 32.2. The van der Waals surface area contributed by atoms with Crippen LogP contribution in [0.4, 0.5) is 0 Å². The molecule has 0 spiro atoms. The molecule has 0 N–H and O–H groups in total. The minimum Gasteiger partial charge on any atom is -0.369 e. The van der Waals surface area contributed by atoms with Crippen LogP contribution in [0.3, 0.4) is 0 Å². The summed E-state index contributed by atoms with van der Waals surface area (Å²) >= 11 is 0. The monoisotopic (exact) mass is 888 g/mol. The van der Waals surface area contributed by atoms with E-state index < -0.39 is 0 Å². The Balaban J connectivity index is 0.928. The minimum atomic E-state index is -0.224. The Hall–Kier alpha value is -6.90. The Labute approximate surface area is 382 Å². The number of hydrogen-bond acceptors (Lipinski definition) is 12. The Morgan fingerprint density at radius 2 is 0.303 bits per heavy atom. The van der Waals surface area contributed by atoms with E-state index in [2.05, 4.69) is 0 Å². The minimum absolute atomic E-state index is 0.139. The molecule has 0 unspecified atom stereocenters. The van der Waals surface area contributed by atoms with Crippen molar-refractivity contribution in [3.63, 3.8) is 0 Å². The van der Waals surface area contributed by atoms with Gasteiger partial charge in [-0.25, -0.2) is 0 Å². The number of benzene rings is 6. The lowest BCUT2D eigenvalue weighted by atomic mass is 10.1. The summed E-state index contributed by atoms with van der Waals surface area (Å²) in [5.74, 6) is -1.34. The summed E-state index contributed by atoms with van der Waals surface area (Å²) < 4.78 is 34.0. The van der Waals surface area contributed by atoms with Gasteiger partial charge in [-0.15, -0.1) is 0 Å². The molecule has 10 heterocycles. The molecule has 0 atom stereocenters. The molecule has 0 fully saturated rings. The lowest BCUT2D eigenvalue weighted by Gasteiger charge is -2.09. The van der Waals surface area contributed by atoms with E-state index in [9.17, 15) is 28.8 Å². The van der Waals surface area contributed by atoms with Crippen LogP contribution in [-0.4, -0.2) is 74.3 Å². The van der Waals surface area contributed by atoms with Crippen LogP contribution in [0.1, 0.15) is 95.5 Å². The summed E-state index contributed by atoms with van der Waals surface area (Å²) in [6, 6.07) is 41.5. The molecule has 336 valence electrons. The van der Waals surface area contributed by atoms with Crippen LogP contribution in [0.2, 0.25) is 0 Å². The number of ether oxygens (including phenoxy) is 6. The zero-order valence-corrected chi connectivity index (χ0v) is 36.2. The molecule has 12 nitrogen and oxygen atoms in total. The number of Topliss-reactive ketones (excluding diaryl/α,β-unsaturated/α-hetero) is 6. The largest absolute Gasteiger partial charge is 0.369 e. The Morgan fingerprint density at radius 1 is 0.182 bits per heavy atom. The number of hydrogen-bond donors (Lipinski definition) is 0. The van der Waals surface area contributed by atoms with Gasteiger partial charge in [-0.05, 0) is 33.4 Å². The van der Waals surface area contributed by atoms with Crippen molar-refractivity contribution in [2.45, 2.75) is 39.6 Å². The van der Waals surface area contributed by atoms with Crippen molar-refractivity contribution in [1.82, 2.24) is 0 Å². The Bertz CT molecular complexity index is 2130. The van der Waals surface area contributed by atoms with E-state index in [0.29, 0.717) is 33.4 Å². The van der Waals surface area contributed by atoms with Gasteiger partial charge < -0.3 is 28.4 Å². The third kappa shape index (κ3) is 14.0. The van der Waals surface area contributed by atoms with E-state index in [0.717, 1.165) is 33.4 Å². The fraction of sp³-hybridized carbons (Fsp3) is 0.222. The highest BCUT2D eigenvalue weighted by Crippen LogP contribution is 2.15. The number of ketones is 6. The molecule has 0 aromatic heterocycles. The van der Waals surface area contributed by atoms with E-state index in [1.54, 1.807) is 72.8 Å². The molecule has 0 aliphatic carbocycles. The molecule has 16 rings (SSSR count). The highest BCUT2D eigenvalue weighted by molar-refractivity contribution is 6.02. The number of carbonyl (C=O) groups is 6. The molecule has 0 radical (unpaired) electrons. The summed E-state index contributed by atoms with van der Waals surface area (Å²) in [6.07, 6.45) is 0. The van der Waals surface area contributed by atoms with Gasteiger partial charge in [-0.1, -0.05) is 146 Å². The molecule has 66 heavy (non-hydrogen) atoms. The molecule has 10 aliphatic rings. The summed E-state index contributed by atoms with van der Waals surface area (Å²) in [7, 11) is 0. The van der Waals surface area contributed by atoms with Gasteiger partial charge in [0.05, 0.1) is 39.6 Å². The molecular formula is C54H48O12. The molecule has 0 saturated carbocycles. The smallest absolute Gasteiger partial charge is 0.188 e. The summed E-state index contributed by atoms with van der Waals surface area (Å²) in [6.45, 7) is 0.451. The fourth-order valence-corrected chi connectivity index (χ4v) is 6.79. The first kappa shape index (κ1) is 47.1. The van der Waals surface area contributed by atoms with Crippen molar-refractivity contribution in [1.29, 1.82) is 0 Å². The van der Waals surface area contributed by atoms with Crippen molar-refractivity contribution in [3.05, 3.63) is 212 Å². The van der Waals surface area contributed by atoms with Gasteiger partial charge in [-0.3, -0.25) is 28.8 Å². The number of carbonyl (C=O) groups excluding carboxylic acids is 6. The normalized spacial score (nSPS) is 16.2. The van der Waals surface area contributed by atoms with Crippen LogP contribution < -0.4 is 0 Å². The summed E-state index contributed by atoms with van der Waals surface area (Å²) in [5.41, 5.74) is 7.65. The van der Waals surface area contributed by atoms with Gasteiger partial charge >= 0.3 is 0 Å². The van der Waals surface area contributed by atoms with Crippen molar-refractivity contribution < 1.29 is 57.2 Å². The molecular weight excluding hydrogens is 841 g/mol. The average Bonchev–Trinajstić information content (AvgIpc) is 3.35. The molecule has 6 aromatic rings. The first-order valence-electron chi connectivity index (χ1n) is 21.4. The first-order valence-corrected chi connectivity index (χ1v) is 21.4. The van der Waals surface area contributed by atoms with E-state index in [1.807, 2.05) is 72.8 Å². The van der Waals surface area contributed by atoms with Crippen LogP contribution in [0, 0.1) is 0 Å². The zero-order valence-electron chi connectivity index (χ0n) is 36.2. The van der Waals surface area contributed by atoms with Gasteiger partial charge in [0.25, 0.3) is 0 Å². The second kappa shape index (κ2) is 23.9. The molecule has 12 bridgehead atoms.